The first-order chi connectivity index (χ1) is 9.81. The normalized spacial score (nSPS) is 10.7. The molecule has 4 nitrogen and oxygen atoms in total. The number of ether oxygens (including phenoxy) is 2. The van der Waals surface area contributed by atoms with Crippen LogP contribution >= 0.6 is 0 Å². The molecular weight excluding hydrogens is 254 g/mol. The largest absolute Gasteiger partial charge is 0.486 e. The summed E-state index contributed by atoms with van der Waals surface area (Å²) in [4.78, 5) is 0. The van der Waals surface area contributed by atoms with Crippen molar-refractivity contribution in [3.8, 4) is 5.75 Å². The molecule has 0 aliphatic rings. The standard InChI is InChI=1S/C16H21NO3/c1-17-10-14-9-16(19-11-14)12-20-15-5-3-13(4-6-15)7-8-18-2/h3-6,9,11,17H,7-8,10,12H2,1-2H3. The fourth-order valence-corrected chi connectivity index (χ4v) is 1.93. The van der Waals surface area contributed by atoms with Crippen LogP contribution in [0, 0.1) is 0 Å². The molecule has 0 spiro atoms. The average molecular weight is 275 g/mol. The van der Waals surface area contributed by atoms with E-state index in [4.69, 9.17) is 13.9 Å². The highest BCUT2D eigenvalue weighted by molar-refractivity contribution is 5.27. The summed E-state index contributed by atoms with van der Waals surface area (Å²) in [6.45, 7) is 1.99. The molecule has 0 saturated carbocycles. The fourth-order valence-electron chi connectivity index (χ4n) is 1.93. The van der Waals surface area contributed by atoms with Crippen LogP contribution in [0.3, 0.4) is 0 Å². The van der Waals surface area contributed by atoms with Crippen molar-refractivity contribution < 1.29 is 13.9 Å². The van der Waals surface area contributed by atoms with Gasteiger partial charge in [0.25, 0.3) is 0 Å². The third-order valence-electron chi connectivity index (χ3n) is 2.99. The zero-order chi connectivity index (χ0) is 14.2. The molecule has 0 saturated heterocycles. The summed E-state index contributed by atoms with van der Waals surface area (Å²) >= 11 is 0. The lowest BCUT2D eigenvalue weighted by Gasteiger charge is -2.05. The molecule has 4 heteroatoms. The number of benzene rings is 1. The molecular formula is C16H21NO3. The van der Waals surface area contributed by atoms with Gasteiger partial charge in [-0.3, -0.25) is 0 Å². The Morgan fingerprint density at radius 1 is 1.15 bits per heavy atom. The molecule has 108 valence electrons. The Labute approximate surface area is 119 Å². The number of rotatable bonds is 8. The third-order valence-corrected chi connectivity index (χ3v) is 2.99. The summed E-state index contributed by atoms with van der Waals surface area (Å²) in [5, 5.41) is 3.08. The highest BCUT2D eigenvalue weighted by Crippen LogP contribution is 2.16. The van der Waals surface area contributed by atoms with Gasteiger partial charge in [0.05, 0.1) is 12.9 Å². The summed E-state index contributed by atoms with van der Waals surface area (Å²) in [5.74, 6) is 1.68. The van der Waals surface area contributed by atoms with Gasteiger partial charge in [-0.1, -0.05) is 12.1 Å². The molecule has 0 fully saturated rings. The van der Waals surface area contributed by atoms with Crippen LogP contribution in [0.1, 0.15) is 16.9 Å². The smallest absolute Gasteiger partial charge is 0.146 e. The van der Waals surface area contributed by atoms with Crippen molar-refractivity contribution in [2.24, 2.45) is 0 Å². The lowest BCUT2D eigenvalue weighted by Crippen LogP contribution is -2.03. The molecule has 0 unspecified atom stereocenters. The maximum Gasteiger partial charge on any atom is 0.146 e. The Morgan fingerprint density at radius 2 is 1.95 bits per heavy atom. The summed E-state index contributed by atoms with van der Waals surface area (Å²) in [5.41, 5.74) is 2.37. The average Bonchev–Trinajstić information content (AvgIpc) is 2.92. The van der Waals surface area contributed by atoms with Crippen LogP contribution in [0.15, 0.2) is 41.0 Å². The van der Waals surface area contributed by atoms with Crippen molar-refractivity contribution in [1.29, 1.82) is 0 Å². The summed E-state index contributed by atoms with van der Waals surface area (Å²) in [7, 11) is 3.62. The Kier molecular flexibility index (Phi) is 5.65. The van der Waals surface area contributed by atoms with E-state index >= 15 is 0 Å². The zero-order valence-corrected chi connectivity index (χ0v) is 12.0. The number of hydrogen-bond acceptors (Lipinski definition) is 4. The first-order valence-electron chi connectivity index (χ1n) is 6.73. The second-order valence-corrected chi connectivity index (χ2v) is 4.63. The quantitative estimate of drug-likeness (QED) is 0.804. The third kappa shape index (κ3) is 4.40. The summed E-state index contributed by atoms with van der Waals surface area (Å²) in [6, 6.07) is 10.1. The van der Waals surface area contributed by atoms with Crippen molar-refractivity contribution in [1.82, 2.24) is 5.32 Å². The minimum absolute atomic E-state index is 0.446. The number of hydrogen-bond donors (Lipinski definition) is 1. The van der Waals surface area contributed by atoms with E-state index in [-0.39, 0.29) is 0 Å². The lowest BCUT2D eigenvalue weighted by molar-refractivity contribution is 0.202. The van der Waals surface area contributed by atoms with Crippen LogP contribution < -0.4 is 10.1 Å². The van der Waals surface area contributed by atoms with Crippen molar-refractivity contribution >= 4 is 0 Å². The minimum Gasteiger partial charge on any atom is -0.486 e. The maximum absolute atomic E-state index is 5.70. The predicted molar refractivity (Wildman–Crippen MR) is 77.8 cm³/mol. The van der Waals surface area contributed by atoms with Gasteiger partial charge in [-0.2, -0.15) is 0 Å². The monoisotopic (exact) mass is 275 g/mol. The van der Waals surface area contributed by atoms with Gasteiger partial charge in [-0.05, 0) is 37.2 Å². The topological polar surface area (TPSA) is 43.6 Å². The molecule has 0 aliphatic carbocycles. The zero-order valence-electron chi connectivity index (χ0n) is 12.0. The lowest BCUT2D eigenvalue weighted by atomic mass is 10.1. The molecule has 1 aromatic carbocycles. The van der Waals surface area contributed by atoms with Crippen LogP contribution in [-0.2, 0) is 24.3 Å². The highest BCUT2D eigenvalue weighted by Gasteiger charge is 2.02. The van der Waals surface area contributed by atoms with E-state index in [1.54, 1.807) is 13.4 Å². The van der Waals surface area contributed by atoms with Gasteiger partial charge >= 0.3 is 0 Å². The van der Waals surface area contributed by atoms with E-state index in [0.717, 1.165) is 36.6 Å². The van der Waals surface area contributed by atoms with Crippen LogP contribution in [0.5, 0.6) is 5.75 Å². The molecule has 20 heavy (non-hydrogen) atoms. The minimum atomic E-state index is 0.446. The Hall–Kier alpha value is -1.78. The molecule has 0 amide bonds. The Morgan fingerprint density at radius 3 is 2.65 bits per heavy atom. The van der Waals surface area contributed by atoms with Crippen LogP contribution in [-0.4, -0.2) is 20.8 Å². The van der Waals surface area contributed by atoms with Crippen molar-refractivity contribution in [3.63, 3.8) is 0 Å². The molecule has 0 aliphatic heterocycles. The van der Waals surface area contributed by atoms with Crippen molar-refractivity contribution in [2.45, 2.75) is 19.6 Å². The fraction of sp³-hybridized carbons (Fsp3) is 0.375. The first kappa shape index (κ1) is 14.6. The molecule has 1 N–H and O–H groups in total. The summed E-state index contributed by atoms with van der Waals surface area (Å²) in [6.07, 6.45) is 2.67. The van der Waals surface area contributed by atoms with Gasteiger partial charge in [0, 0.05) is 19.2 Å². The highest BCUT2D eigenvalue weighted by atomic mass is 16.5. The number of furan rings is 1. The van der Waals surface area contributed by atoms with Gasteiger partial charge in [0.15, 0.2) is 0 Å². The van der Waals surface area contributed by atoms with Crippen molar-refractivity contribution in [2.75, 3.05) is 20.8 Å². The van der Waals surface area contributed by atoms with Crippen LogP contribution in [0.4, 0.5) is 0 Å². The molecule has 1 aromatic heterocycles. The van der Waals surface area contributed by atoms with E-state index in [1.165, 1.54) is 5.56 Å². The molecule has 2 rings (SSSR count). The van der Waals surface area contributed by atoms with Crippen molar-refractivity contribution in [3.05, 3.63) is 53.5 Å². The number of nitrogens with one attached hydrogen (secondary N) is 1. The van der Waals surface area contributed by atoms with Gasteiger partial charge < -0.3 is 19.2 Å². The van der Waals surface area contributed by atoms with E-state index < -0.39 is 0 Å². The summed E-state index contributed by atoms with van der Waals surface area (Å²) < 4.78 is 16.2. The SMILES string of the molecule is CNCc1coc(COc2ccc(CCOC)cc2)c1. The van der Waals surface area contributed by atoms with Crippen LogP contribution in [0.25, 0.3) is 0 Å². The maximum atomic E-state index is 5.70. The Bertz CT molecular complexity index is 505. The van der Waals surface area contributed by atoms with Gasteiger partial charge in [-0.15, -0.1) is 0 Å². The second-order valence-electron chi connectivity index (χ2n) is 4.63. The molecule has 0 atom stereocenters. The van der Waals surface area contributed by atoms with Gasteiger partial charge in [0.1, 0.15) is 18.1 Å². The van der Waals surface area contributed by atoms with E-state index in [0.29, 0.717) is 6.61 Å². The van der Waals surface area contributed by atoms with Crippen LogP contribution in [0.2, 0.25) is 0 Å². The van der Waals surface area contributed by atoms with Gasteiger partial charge in [-0.25, -0.2) is 0 Å². The van der Waals surface area contributed by atoms with E-state index in [9.17, 15) is 0 Å². The molecule has 0 radical (unpaired) electrons. The van der Waals surface area contributed by atoms with Gasteiger partial charge in [0.2, 0.25) is 0 Å². The first-order valence-corrected chi connectivity index (χ1v) is 6.73. The predicted octanol–water partition coefficient (Wildman–Crippen LogP) is 2.77. The molecule has 1 heterocycles. The molecule has 2 aromatic rings. The second kappa shape index (κ2) is 7.72. The number of methoxy groups -OCH3 is 1. The molecule has 0 bridgehead atoms. The van der Waals surface area contributed by atoms with E-state index in [2.05, 4.69) is 17.4 Å². The Balaban J connectivity index is 1.83. The van der Waals surface area contributed by atoms with E-state index in [1.807, 2.05) is 25.2 Å².